The molecule has 1 aromatic carbocycles. The van der Waals surface area contributed by atoms with Crippen molar-refractivity contribution in [2.24, 2.45) is 5.73 Å². The van der Waals surface area contributed by atoms with Crippen molar-refractivity contribution in [2.75, 3.05) is 6.54 Å². The summed E-state index contributed by atoms with van der Waals surface area (Å²) in [6, 6.07) is 10.4. The first-order valence-electron chi connectivity index (χ1n) is 7.22. The predicted octanol–water partition coefficient (Wildman–Crippen LogP) is 4.15. The van der Waals surface area contributed by atoms with Gasteiger partial charge in [0.25, 0.3) is 0 Å². The highest BCUT2D eigenvalue weighted by Crippen LogP contribution is 2.23. The Bertz CT molecular complexity index is 619. The largest absolute Gasteiger partial charge is 0.488 e. The summed E-state index contributed by atoms with van der Waals surface area (Å²) in [6.45, 7) is 5.42. The Kier molecular flexibility index (Phi) is 5.86. The maximum Gasteiger partial charge on any atom is 0.122 e. The van der Waals surface area contributed by atoms with Crippen LogP contribution in [0.3, 0.4) is 0 Å². The van der Waals surface area contributed by atoms with Crippen molar-refractivity contribution in [3.8, 4) is 17.6 Å². The molecule has 1 aromatic heterocycles. The highest BCUT2D eigenvalue weighted by molar-refractivity contribution is 7.10. The minimum absolute atomic E-state index is 0.393. The summed E-state index contributed by atoms with van der Waals surface area (Å²) in [5.41, 5.74) is 7.74. The molecule has 0 radical (unpaired) electrons. The average Bonchev–Trinajstić information content (AvgIpc) is 2.98. The van der Waals surface area contributed by atoms with Crippen LogP contribution in [0.15, 0.2) is 35.7 Å². The van der Waals surface area contributed by atoms with Crippen LogP contribution in [-0.4, -0.2) is 6.54 Å². The molecular weight excluding hydrogens is 278 g/mol. The van der Waals surface area contributed by atoms with Gasteiger partial charge in [0.2, 0.25) is 0 Å². The zero-order chi connectivity index (χ0) is 15.1. The predicted molar refractivity (Wildman–Crippen MR) is 89.7 cm³/mol. The summed E-state index contributed by atoms with van der Waals surface area (Å²) in [5.74, 6) is 7.39. The van der Waals surface area contributed by atoms with Crippen LogP contribution < -0.4 is 10.5 Å². The third kappa shape index (κ3) is 4.63. The van der Waals surface area contributed by atoms with Gasteiger partial charge in [0.1, 0.15) is 12.4 Å². The van der Waals surface area contributed by atoms with Gasteiger partial charge >= 0.3 is 0 Å². The molecule has 0 bridgehead atoms. The van der Waals surface area contributed by atoms with Crippen LogP contribution in [0.4, 0.5) is 0 Å². The first-order chi connectivity index (χ1) is 10.2. The normalized spacial score (nSPS) is 11.6. The molecule has 0 aliphatic carbocycles. The van der Waals surface area contributed by atoms with Gasteiger partial charge in [-0.3, -0.25) is 0 Å². The van der Waals surface area contributed by atoms with Crippen LogP contribution >= 0.6 is 11.3 Å². The summed E-state index contributed by atoms with van der Waals surface area (Å²) in [6.07, 6.45) is 1.15. The fraction of sp³-hybridized carbons (Fsp3) is 0.333. The molecule has 2 rings (SSSR count). The van der Waals surface area contributed by atoms with Crippen molar-refractivity contribution in [1.29, 1.82) is 0 Å². The van der Waals surface area contributed by atoms with Gasteiger partial charge in [0.15, 0.2) is 0 Å². The van der Waals surface area contributed by atoms with E-state index in [1.54, 1.807) is 11.3 Å². The van der Waals surface area contributed by atoms with Gasteiger partial charge in [-0.05, 0) is 36.1 Å². The lowest BCUT2D eigenvalue weighted by atomic mass is 9.99. The quantitative estimate of drug-likeness (QED) is 0.842. The monoisotopic (exact) mass is 299 g/mol. The third-order valence-corrected chi connectivity index (χ3v) is 4.34. The van der Waals surface area contributed by atoms with Crippen LogP contribution in [0.25, 0.3) is 0 Å². The van der Waals surface area contributed by atoms with Gasteiger partial charge in [-0.2, -0.15) is 0 Å². The topological polar surface area (TPSA) is 35.2 Å². The van der Waals surface area contributed by atoms with Crippen LogP contribution in [0, 0.1) is 11.8 Å². The van der Waals surface area contributed by atoms with Gasteiger partial charge in [-0.25, -0.2) is 0 Å². The van der Waals surface area contributed by atoms with Gasteiger partial charge < -0.3 is 10.5 Å². The van der Waals surface area contributed by atoms with E-state index < -0.39 is 0 Å². The van der Waals surface area contributed by atoms with E-state index in [0.717, 1.165) is 17.7 Å². The molecule has 21 heavy (non-hydrogen) atoms. The van der Waals surface area contributed by atoms with Gasteiger partial charge in [-0.1, -0.05) is 37.8 Å². The minimum atomic E-state index is 0.393. The maximum absolute atomic E-state index is 5.82. The summed E-state index contributed by atoms with van der Waals surface area (Å²) in [7, 11) is 0. The third-order valence-electron chi connectivity index (χ3n) is 3.43. The molecule has 110 valence electrons. The molecule has 3 heteroatoms. The molecule has 1 atom stereocenters. The molecule has 1 heterocycles. The fourth-order valence-electron chi connectivity index (χ4n) is 1.96. The number of thiophene rings is 1. The maximum atomic E-state index is 5.82. The fourth-order valence-corrected chi connectivity index (χ4v) is 2.69. The van der Waals surface area contributed by atoms with E-state index in [0.29, 0.717) is 19.1 Å². The van der Waals surface area contributed by atoms with Gasteiger partial charge in [0.05, 0.1) is 6.54 Å². The second-order valence-electron chi connectivity index (χ2n) is 4.97. The van der Waals surface area contributed by atoms with E-state index in [1.807, 2.05) is 17.5 Å². The van der Waals surface area contributed by atoms with Crippen molar-refractivity contribution in [3.63, 3.8) is 0 Å². The number of nitrogens with two attached hydrogens (primary N) is 1. The van der Waals surface area contributed by atoms with Crippen LogP contribution in [0.5, 0.6) is 5.75 Å². The zero-order valence-electron chi connectivity index (χ0n) is 12.6. The molecule has 2 aromatic rings. The molecule has 0 fully saturated rings. The Balaban J connectivity index is 1.92. The number of hydrogen-bond acceptors (Lipinski definition) is 3. The van der Waals surface area contributed by atoms with Crippen molar-refractivity contribution in [3.05, 3.63) is 51.7 Å². The van der Waals surface area contributed by atoms with E-state index in [9.17, 15) is 0 Å². The minimum Gasteiger partial charge on any atom is -0.488 e. The van der Waals surface area contributed by atoms with Crippen LogP contribution in [0.1, 0.15) is 42.2 Å². The van der Waals surface area contributed by atoms with Crippen LogP contribution in [-0.2, 0) is 6.61 Å². The summed E-state index contributed by atoms with van der Waals surface area (Å²) < 4.78 is 5.82. The number of rotatable bonds is 5. The molecule has 1 unspecified atom stereocenters. The second kappa shape index (κ2) is 7.87. The molecule has 0 saturated carbocycles. The van der Waals surface area contributed by atoms with Gasteiger partial charge in [0, 0.05) is 15.8 Å². The Morgan fingerprint density at radius 1 is 1.29 bits per heavy atom. The molecule has 0 amide bonds. The van der Waals surface area contributed by atoms with Crippen molar-refractivity contribution in [1.82, 2.24) is 0 Å². The highest BCUT2D eigenvalue weighted by Gasteiger charge is 2.03. The number of ether oxygens (including phenoxy) is 1. The van der Waals surface area contributed by atoms with E-state index in [2.05, 4.69) is 43.9 Å². The molecule has 0 spiro atoms. The lowest BCUT2D eigenvalue weighted by Crippen LogP contribution is -1.95. The molecule has 2 nitrogen and oxygen atoms in total. The zero-order valence-corrected chi connectivity index (χ0v) is 13.4. The summed E-state index contributed by atoms with van der Waals surface area (Å²) >= 11 is 1.66. The number of benzene rings is 1. The van der Waals surface area contributed by atoms with Crippen molar-refractivity contribution >= 4 is 11.3 Å². The average molecular weight is 299 g/mol. The summed E-state index contributed by atoms with van der Waals surface area (Å²) in [5, 5.41) is 2.04. The van der Waals surface area contributed by atoms with Crippen molar-refractivity contribution in [2.45, 2.75) is 32.8 Å². The lowest BCUT2D eigenvalue weighted by Gasteiger charge is -2.10. The molecular formula is C18H21NOS. The van der Waals surface area contributed by atoms with Crippen LogP contribution in [0.2, 0.25) is 0 Å². The first kappa shape index (κ1) is 15.6. The molecule has 0 saturated heterocycles. The SMILES string of the molecule is CCC(C)c1ccc(OCc2cc(C#CCN)cs2)cc1. The Hall–Kier alpha value is -1.76. The standard InChI is InChI=1S/C18H21NOS/c1-3-14(2)16-6-8-17(9-7-16)20-12-18-11-15(13-21-18)5-4-10-19/h6-9,11,13-14H,3,10,12,19H2,1-2H3. The van der Waals surface area contributed by atoms with E-state index in [-0.39, 0.29) is 0 Å². The first-order valence-corrected chi connectivity index (χ1v) is 8.10. The Morgan fingerprint density at radius 2 is 2.05 bits per heavy atom. The smallest absolute Gasteiger partial charge is 0.122 e. The molecule has 0 aliphatic heterocycles. The Labute approximate surface area is 131 Å². The molecule has 2 N–H and O–H groups in total. The van der Waals surface area contributed by atoms with Crippen molar-refractivity contribution < 1.29 is 4.74 Å². The number of hydrogen-bond donors (Lipinski definition) is 1. The second-order valence-corrected chi connectivity index (χ2v) is 5.97. The lowest BCUT2D eigenvalue weighted by molar-refractivity contribution is 0.309. The van der Waals surface area contributed by atoms with Gasteiger partial charge in [-0.15, -0.1) is 11.3 Å². The molecule has 0 aliphatic rings. The van der Waals surface area contributed by atoms with E-state index in [4.69, 9.17) is 10.5 Å². The summed E-state index contributed by atoms with van der Waals surface area (Å²) in [4.78, 5) is 1.17. The highest BCUT2D eigenvalue weighted by atomic mass is 32.1. The van der Waals surface area contributed by atoms with E-state index >= 15 is 0 Å². The Morgan fingerprint density at radius 3 is 2.71 bits per heavy atom. The van der Waals surface area contributed by atoms with E-state index in [1.165, 1.54) is 10.4 Å².